The highest BCUT2D eigenvalue weighted by Crippen LogP contribution is 2.05. The van der Waals surface area contributed by atoms with Crippen molar-refractivity contribution in [1.82, 2.24) is 10.6 Å². The maximum Gasteiger partial charge on any atom is 0.326 e. The van der Waals surface area contributed by atoms with E-state index in [0.29, 0.717) is 12.8 Å². The third-order valence-corrected chi connectivity index (χ3v) is 2.65. The molecule has 0 aromatic rings. The number of hydrogen-bond donors (Lipinski definition) is 4. The van der Waals surface area contributed by atoms with Crippen LogP contribution in [0.5, 0.6) is 0 Å². The number of carbonyl (C=O) groups is 3. The first-order chi connectivity index (χ1) is 8.00. The number of carboxylic acids is 2. The summed E-state index contributed by atoms with van der Waals surface area (Å²) in [5.41, 5.74) is 0. The van der Waals surface area contributed by atoms with Gasteiger partial charge in [0.2, 0.25) is 5.91 Å². The molecule has 0 aromatic carbocycles. The Balaban J connectivity index is 0.000000171. The molecule has 4 N–H and O–H groups in total. The van der Waals surface area contributed by atoms with Crippen molar-refractivity contribution in [3.63, 3.8) is 0 Å². The predicted molar refractivity (Wildman–Crippen MR) is 57.5 cm³/mol. The first kappa shape index (κ1) is 13.4. The molecule has 0 spiro atoms. The second-order valence-corrected chi connectivity index (χ2v) is 3.98. The molecule has 2 aliphatic heterocycles. The Morgan fingerprint density at radius 2 is 1.76 bits per heavy atom. The second-order valence-electron chi connectivity index (χ2n) is 3.98. The SMILES string of the molecule is O=C(O)[C@@H]1CCCN1.O=C1CC[C@@H](C(=O)O)N1. The lowest BCUT2D eigenvalue weighted by Gasteiger charge is -1.99. The normalized spacial score (nSPS) is 26.9. The van der Waals surface area contributed by atoms with Gasteiger partial charge in [0.1, 0.15) is 12.1 Å². The van der Waals surface area contributed by atoms with E-state index in [1.54, 1.807) is 0 Å². The fraction of sp³-hybridized carbons (Fsp3) is 0.700. The summed E-state index contributed by atoms with van der Waals surface area (Å²) in [6.07, 6.45) is 2.55. The van der Waals surface area contributed by atoms with Crippen LogP contribution in [0.4, 0.5) is 0 Å². The highest BCUT2D eigenvalue weighted by Gasteiger charge is 2.26. The maximum absolute atomic E-state index is 10.4. The number of amides is 1. The molecule has 2 saturated heterocycles. The molecule has 2 aliphatic rings. The largest absolute Gasteiger partial charge is 0.480 e. The van der Waals surface area contributed by atoms with Gasteiger partial charge in [0, 0.05) is 6.42 Å². The van der Waals surface area contributed by atoms with Gasteiger partial charge in [-0.3, -0.25) is 9.59 Å². The fourth-order valence-corrected chi connectivity index (χ4v) is 1.69. The van der Waals surface area contributed by atoms with Gasteiger partial charge in [-0.15, -0.1) is 0 Å². The van der Waals surface area contributed by atoms with E-state index in [9.17, 15) is 14.4 Å². The zero-order chi connectivity index (χ0) is 12.8. The van der Waals surface area contributed by atoms with Crippen LogP contribution in [0.25, 0.3) is 0 Å². The van der Waals surface area contributed by atoms with Crippen LogP contribution >= 0.6 is 0 Å². The minimum atomic E-state index is -0.944. The van der Waals surface area contributed by atoms with Crippen molar-refractivity contribution in [2.45, 2.75) is 37.8 Å². The first-order valence-electron chi connectivity index (χ1n) is 5.49. The van der Waals surface area contributed by atoms with Gasteiger partial charge in [-0.05, 0) is 25.8 Å². The van der Waals surface area contributed by atoms with Gasteiger partial charge in [-0.25, -0.2) is 4.79 Å². The number of aliphatic carboxylic acids is 2. The first-order valence-corrected chi connectivity index (χ1v) is 5.49. The zero-order valence-corrected chi connectivity index (χ0v) is 9.31. The Hall–Kier alpha value is -1.63. The molecule has 2 atom stereocenters. The van der Waals surface area contributed by atoms with Crippen LogP contribution in [0.1, 0.15) is 25.7 Å². The Labute approximate surface area is 98.2 Å². The average Bonchev–Trinajstić information content (AvgIpc) is 2.87. The average molecular weight is 244 g/mol. The zero-order valence-electron chi connectivity index (χ0n) is 9.31. The third-order valence-electron chi connectivity index (χ3n) is 2.65. The van der Waals surface area contributed by atoms with Crippen LogP contribution in [-0.2, 0) is 14.4 Å². The molecular formula is C10H16N2O5. The molecule has 2 rings (SSSR count). The predicted octanol–water partition coefficient (Wildman–Crippen LogP) is -0.827. The molecule has 7 nitrogen and oxygen atoms in total. The van der Waals surface area contributed by atoms with E-state index in [1.807, 2.05) is 0 Å². The number of nitrogens with one attached hydrogen (secondary N) is 2. The van der Waals surface area contributed by atoms with Gasteiger partial charge in [-0.1, -0.05) is 0 Å². The molecule has 0 aromatic heterocycles. The summed E-state index contributed by atoms with van der Waals surface area (Å²) in [5.74, 6) is -1.83. The van der Waals surface area contributed by atoms with Crippen molar-refractivity contribution in [3.8, 4) is 0 Å². The molecule has 0 radical (unpaired) electrons. The van der Waals surface area contributed by atoms with Gasteiger partial charge in [0.15, 0.2) is 0 Å². The van der Waals surface area contributed by atoms with E-state index in [1.165, 1.54) is 0 Å². The molecule has 96 valence electrons. The topological polar surface area (TPSA) is 116 Å². The minimum absolute atomic E-state index is 0.164. The van der Waals surface area contributed by atoms with Crippen molar-refractivity contribution in [3.05, 3.63) is 0 Å². The standard InChI is InChI=1S/C5H7NO3.C5H9NO2/c7-4-2-1-3(6-4)5(8)9;7-5(8)4-2-1-3-6-4/h3H,1-2H2,(H,6,7)(H,8,9);4,6H,1-3H2,(H,7,8)/t3-;4-/m00/s1. The van der Waals surface area contributed by atoms with Crippen molar-refractivity contribution < 1.29 is 24.6 Å². The Morgan fingerprint density at radius 3 is 2.00 bits per heavy atom. The Kier molecular flexibility index (Phi) is 4.89. The summed E-state index contributed by atoms with van der Waals surface area (Å²) in [6.45, 7) is 0.858. The van der Waals surface area contributed by atoms with Crippen molar-refractivity contribution in [2.75, 3.05) is 6.54 Å². The van der Waals surface area contributed by atoms with E-state index in [0.717, 1.165) is 19.4 Å². The number of carbonyl (C=O) groups excluding carboxylic acids is 1. The van der Waals surface area contributed by atoms with Gasteiger partial charge in [0.25, 0.3) is 0 Å². The number of carboxylic acid groups (broad SMARTS) is 2. The molecule has 7 heteroatoms. The molecule has 17 heavy (non-hydrogen) atoms. The smallest absolute Gasteiger partial charge is 0.326 e. The van der Waals surface area contributed by atoms with E-state index in [2.05, 4.69) is 10.6 Å². The van der Waals surface area contributed by atoms with Gasteiger partial charge in [0.05, 0.1) is 0 Å². The highest BCUT2D eigenvalue weighted by atomic mass is 16.4. The van der Waals surface area contributed by atoms with Gasteiger partial charge in [-0.2, -0.15) is 0 Å². The molecule has 0 aliphatic carbocycles. The van der Waals surface area contributed by atoms with Gasteiger partial charge < -0.3 is 20.8 Å². The van der Waals surface area contributed by atoms with Crippen LogP contribution < -0.4 is 10.6 Å². The van der Waals surface area contributed by atoms with E-state index < -0.39 is 18.0 Å². The van der Waals surface area contributed by atoms with Gasteiger partial charge >= 0.3 is 11.9 Å². The maximum atomic E-state index is 10.4. The monoisotopic (exact) mass is 244 g/mol. The van der Waals surface area contributed by atoms with Crippen LogP contribution in [0.15, 0.2) is 0 Å². The minimum Gasteiger partial charge on any atom is -0.480 e. The second kappa shape index (κ2) is 6.19. The lowest BCUT2D eigenvalue weighted by Crippen LogP contribution is -2.32. The lowest BCUT2D eigenvalue weighted by atomic mass is 10.2. The lowest BCUT2D eigenvalue weighted by molar-refractivity contribution is -0.140. The molecule has 0 saturated carbocycles. The Morgan fingerprint density at radius 1 is 1.12 bits per heavy atom. The fourth-order valence-electron chi connectivity index (χ4n) is 1.69. The van der Waals surface area contributed by atoms with Crippen LogP contribution in [0.2, 0.25) is 0 Å². The van der Waals surface area contributed by atoms with Crippen molar-refractivity contribution >= 4 is 17.8 Å². The molecular weight excluding hydrogens is 228 g/mol. The van der Waals surface area contributed by atoms with Crippen LogP contribution in [0.3, 0.4) is 0 Å². The molecule has 0 unspecified atom stereocenters. The molecule has 2 heterocycles. The molecule has 2 fully saturated rings. The molecule has 1 amide bonds. The number of rotatable bonds is 2. The number of hydrogen-bond acceptors (Lipinski definition) is 4. The summed E-state index contributed by atoms with van der Waals surface area (Å²) in [4.78, 5) is 30.7. The molecule has 0 bridgehead atoms. The quantitative estimate of drug-likeness (QED) is 0.504. The summed E-state index contributed by atoms with van der Waals surface area (Å²) in [5, 5.41) is 21.8. The summed E-state index contributed by atoms with van der Waals surface area (Å²) in [6, 6.07) is -0.910. The van der Waals surface area contributed by atoms with E-state index in [4.69, 9.17) is 10.2 Å². The highest BCUT2D eigenvalue weighted by molar-refractivity contribution is 5.87. The third kappa shape index (κ3) is 4.39. The van der Waals surface area contributed by atoms with E-state index >= 15 is 0 Å². The summed E-state index contributed by atoms with van der Waals surface area (Å²) >= 11 is 0. The van der Waals surface area contributed by atoms with Crippen molar-refractivity contribution in [2.24, 2.45) is 0 Å². The summed E-state index contributed by atoms with van der Waals surface area (Å²) in [7, 11) is 0. The van der Waals surface area contributed by atoms with Crippen LogP contribution in [0, 0.1) is 0 Å². The summed E-state index contributed by atoms with van der Waals surface area (Å²) < 4.78 is 0. The van der Waals surface area contributed by atoms with E-state index in [-0.39, 0.29) is 11.9 Å². The Bertz CT molecular complexity index is 312. The van der Waals surface area contributed by atoms with Crippen molar-refractivity contribution in [1.29, 1.82) is 0 Å². The van der Waals surface area contributed by atoms with Crippen LogP contribution in [-0.4, -0.2) is 46.7 Å².